The van der Waals surface area contributed by atoms with Crippen molar-refractivity contribution in [2.75, 3.05) is 7.05 Å². The Balaban J connectivity index is 2.30. The summed E-state index contributed by atoms with van der Waals surface area (Å²) >= 11 is 0. The lowest BCUT2D eigenvalue weighted by Gasteiger charge is -2.12. The highest BCUT2D eigenvalue weighted by molar-refractivity contribution is 5.49. The lowest BCUT2D eigenvalue weighted by Crippen LogP contribution is -2.12. The highest BCUT2D eigenvalue weighted by Gasteiger charge is 2.15. The van der Waals surface area contributed by atoms with Gasteiger partial charge >= 0.3 is 0 Å². The summed E-state index contributed by atoms with van der Waals surface area (Å²) in [4.78, 5) is 14.7. The molecule has 0 amide bonds. The monoisotopic (exact) mass is 287 g/mol. The van der Waals surface area contributed by atoms with Crippen LogP contribution >= 0.6 is 0 Å². The quantitative estimate of drug-likeness (QED) is 0.674. The number of nitro benzene ring substituents is 1. The van der Waals surface area contributed by atoms with Crippen LogP contribution in [0.1, 0.15) is 24.1 Å². The average molecular weight is 287 g/mol. The predicted molar refractivity (Wildman–Crippen MR) is 79.6 cm³/mol. The number of hydrogen-bond acceptors (Lipinski definition) is 5. The second-order valence-electron chi connectivity index (χ2n) is 4.70. The van der Waals surface area contributed by atoms with Gasteiger partial charge in [0.2, 0.25) is 5.88 Å². The third kappa shape index (κ3) is 3.35. The van der Waals surface area contributed by atoms with Crippen LogP contribution in [0, 0.1) is 17.0 Å². The highest BCUT2D eigenvalue weighted by atomic mass is 16.6. The van der Waals surface area contributed by atoms with E-state index in [4.69, 9.17) is 4.74 Å². The van der Waals surface area contributed by atoms with Gasteiger partial charge in [-0.3, -0.25) is 10.1 Å². The Morgan fingerprint density at radius 2 is 2.14 bits per heavy atom. The number of rotatable bonds is 5. The standard InChI is InChI=1S/C15H17N3O3/c1-10-13(18(19)20)5-4-6-14(10)21-15-9-12(7-8-17-15)11(2)16-3/h4-9,11,16H,1-3H3. The number of benzene rings is 1. The molecular formula is C15H17N3O3. The smallest absolute Gasteiger partial charge is 0.276 e. The molecule has 0 spiro atoms. The maximum atomic E-state index is 10.9. The summed E-state index contributed by atoms with van der Waals surface area (Å²) in [5.74, 6) is 0.851. The van der Waals surface area contributed by atoms with Gasteiger partial charge in [-0.05, 0) is 38.6 Å². The van der Waals surface area contributed by atoms with Crippen molar-refractivity contribution in [3.8, 4) is 11.6 Å². The Hall–Kier alpha value is -2.47. The first-order valence-electron chi connectivity index (χ1n) is 6.58. The molecule has 0 saturated carbocycles. The fourth-order valence-corrected chi connectivity index (χ4v) is 1.94. The van der Waals surface area contributed by atoms with Crippen LogP contribution in [0.3, 0.4) is 0 Å². The number of ether oxygens (including phenoxy) is 1. The van der Waals surface area contributed by atoms with E-state index in [1.54, 1.807) is 25.3 Å². The van der Waals surface area contributed by atoms with Gasteiger partial charge in [0, 0.05) is 24.4 Å². The van der Waals surface area contributed by atoms with Crippen molar-refractivity contribution in [2.24, 2.45) is 0 Å². The Kier molecular flexibility index (Phi) is 4.49. The van der Waals surface area contributed by atoms with Crippen molar-refractivity contribution in [1.29, 1.82) is 0 Å². The van der Waals surface area contributed by atoms with Gasteiger partial charge in [0.1, 0.15) is 5.75 Å². The SMILES string of the molecule is CNC(C)c1ccnc(Oc2cccc([N+](=O)[O-])c2C)c1. The van der Waals surface area contributed by atoms with Crippen LogP contribution in [0.25, 0.3) is 0 Å². The predicted octanol–water partition coefficient (Wildman–Crippen LogP) is 3.37. The molecule has 1 aromatic heterocycles. The molecule has 6 heteroatoms. The zero-order chi connectivity index (χ0) is 15.4. The second-order valence-corrected chi connectivity index (χ2v) is 4.70. The van der Waals surface area contributed by atoms with Gasteiger partial charge < -0.3 is 10.1 Å². The van der Waals surface area contributed by atoms with Crippen LogP contribution in [0.2, 0.25) is 0 Å². The zero-order valence-corrected chi connectivity index (χ0v) is 12.2. The normalized spacial score (nSPS) is 12.0. The second kappa shape index (κ2) is 6.32. The van der Waals surface area contributed by atoms with Crippen LogP contribution in [-0.2, 0) is 0 Å². The minimum atomic E-state index is -0.422. The number of nitrogens with one attached hydrogen (secondary N) is 1. The molecule has 0 bridgehead atoms. The summed E-state index contributed by atoms with van der Waals surface area (Å²) in [5.41, 5.74) is 1.55. The minimum Gasteiger partial charge on any atom is -0.438 e. The molecule has 2 rings (SSSR count). The largest absolute Gasteiger partial charge is 0.438 e. The topological polar surface area (TPSA) is 77.3 Å². The number of nitro groups is 1. The summed E-state index contributed by atoms with van der Waals surface area (Å²) < 4.78 is 5.69. The van der Waals surface area contributed by atoms with Gasteiger partial charge in [-0.25, -0.2) is 4.98 Å². The first kappa shape index (κ1) is 14.9. The Morgan fingerprint density at radius 3 is 2.81 bits per heavy atom. The van der Waals surface area contributed by atoms with Crippen molar-refractivity contribution in [3.05, 3.63) is 57.8 Å². The Morgan fingerprint density at radius 1 is 1.38 bits per heavy atom. The fraction of sp³-hybridized carbons (Fsp3) is 0.267. The van der Waals surface area contributed by atoms with E-state index in [-0.39, 0.29) is 11.7 Å². The van der Waals surface area contributed by atoms with Gasteiger partial charge in [0.25, 0.3) is 5.69 Å². The molecule has 0 saturated heterocycles. The molecule has 0 fully saturated rings. The molecule has 6 nitrogen and oxygen atoms in total. The molecule has 110 valence electrons. The molecule has 0 aliphatic heterocycles. The van der Waals surface area contributed by atoms with Crippen molar-refractivity contribution in [2.45, 2.75) is 19.9 Å². The Labute approximate surface area is 122 Å². The summed E-state index contributed by atoms with van der Waals surface area (Å²) in [5, 5.41) is 14.1. The molecule has 1 atom stereocenters. The third-order valence-electron chi connectivity index (χ3n) is 3.36. The lowest BCUT2D eigenvalue weighted by atomic mass is 10.1. The minimum absolute atomic E-state index is 0.0345. The molecule has 21 heavy (non-hydrogen) atoms. The molecule has 1 N–H and O–H groups in total. The molecule has 1 heterocycles. The summed E-state index contributed by atoms with van der Waals surface area (Å²) in [7, 11) is 1.87. The first-order chi connectivity index (χ1) is 10.0. The van der Waals surface area contributed by atoms with Gasteiger partial charge in [-0.1, -0.05) is 6.07 Å². The molecule has 0 aliphatic carbocycles. The summed E-state index contributed by atoms with van der Waals surface area (Å²) in [6, 6.07) is 8.63. The molecule has 1 aromatic carbocycles. The number of hydrogen-bond donors (Lipinski definition) is 1. The lowest BCUT2D eigenvalue weighted by molar-refractivity contribution is -0.385. The van der Waals surface area contributed by atoms with E-state index >= 15 is 0 Å². The van der Waals surface area contributed by atoms with E-state index in [2.05, 4.69) is 10.3 Å². The zero-order valence-electron chi connectivity index (χ0n) is 12.2. The van der Waals surface area contributed by atoms with Gasteiger partial charge in [-0.15, -0.1) is 0 Å². The van der Waals surface area contributed by atoms with E-state index in [0.29, 0.717) is 17.2 Å². The Bertz CT molecular complexity index is 658. The summed E-state index contributed by atoms with van der Waals surface area (Å²) in [6.45, 7) is 3.69. The van der Waals surface area contributed by atoms with Crippen LogP contribution in [-0.4, -0.2) is 17.0 Å². The third-order valence-corrected chi connectivity index (χ3v) is 3.36. The fourth-order valence-electron chi connectivity index (χ4n) is 1.94. The highest BCUT2D eigenvalue weighted by Crippen LogP contribution is 2.30. The van der Waals surface area contributed by atoms with E-state index < -0.39 is 4.92 Å². The van der Waals surface area contributed by atoms with Crippen LogP contribution in [0.4, 0.5) is 5.69 Å². The first-order valence-corrected chi connectivity index (χ1v) is 6.58. The molecule has 2 aromatic rings. The van der Waals surface area contributed by atoms with Crippen molar-refractivity contribution >= 4 is 5.69 Å². The van der Waals surface area contributed by atoms with Gasteiger partial charge in [0.15, 0.2) is 0 Å². The van der Waals surface area contributed by atoms with E-state index in [9.17, 15) is 10.1 Å². The van der Waals surface area contributed by atoms with Crippen LogP contribution < -0.4 is 10.1 Å². The van der Waals surface area contributed by atoms with E-state index in [1.807, 2.05) is 26.1 Å². The molecule has 0 aliphatic rings. The number of pyridine rings is 1. The van der Waals surface area contributed by atoms with Gasteiger partial charge in [0.05, 0.1) is 10.5 Å². The van der Waals surface area contributed by atoms with Crippen LogP contribution in [0.5, 0.6) is 11.6 Å². The maximum absolute atomic E-state index is 10.9. The van der Waals surface area contributed by atoms with E-state index in [0.717, 1.165) is 5.56 Å². The molecule has 1 unspecified atom stereocenters. The average Bonchev–Trinajstić information content (AvgIpc) is 2.48. The van der Waals surface area contributed by atoms with Gasteiger partial charge in [-0.2, -0.15) is 0 Å². The van der Waals surface area contributed by atoms with E-state index in [1.165, 1.54) is 6.07 Å². The number of nitrogens with zero attached hydrogens (tertiary/aromatic N) is 2. The van der Waals surface area contributed by atoms with Crippen LogP contribution in [0.15, 0.2) is 36.5 Å². The van der Waals surface area contributed by atoms with Crippen molar-refractivity contribution in [1.82, 2.24) is 10.3 Å². The number of aromatic nitrogens is 1. The van der Waals surface area contributed by atoms with Crippen molar-refractivity contribution in [3.63, 3.8) is 0 Å². The summed E-state index contributed by atoms with van der Waals surface area (Å²) in [6.07, 6.45) is 1.66. The van der Waals surface area contributed by atoms with Crippen molar-refractivity contribution < 1.29 is 9.66 Å². The maximum Gasteiger partial charge on any atom is 0.276 e. The molecule has 0 radical (unpaired) electrons. The molecular weight excluding hydrogens is 270 g/mol.